The molecule has 2 aliphatic rings. The van der Waals surface area contributed by atoms with Crippen molar-refractivity contribution in [2.75, 3.05) is 26.3 Å². The number of H-pyrrole nitrogens is 1. The first-order chi connectivity index (χ1) is 12.9. The number of imidazole rings is 1. The number of alkyl halides is 4. The number of nitrogens with zero attached hydrogens (tertiary/aromatic N) is 2. The molecule has 0 unspecified atom stereocenters. The second-order valence-corrected chi connectivity index (χ2v) is 7.08. The summed E-state index contributed by atoms with van der Waals surface area (Å²) in [5.74, 6) is 0.390. The van der Waals surface area contributed by atoms with Gasteiger partial charge in [0.05, 0.1) is 16.6 Å². The van der Waals surface area contributed by atoms with Crippen LogP contribution in [0.4, 0.5) is 17.6 Å². The minimum Gasteiger partial charge on any atom is -0.381 e. The number of aromatic amines is 1. The molecule has 0 amide bonds. The van der Waals surface area contributed by atoms with Crippen LogP contribution >= 0.6 is 0 Å². The molecule has 4 rings (SSSR count). The van der Waals surface area contributed by atoms with Gasteiger partial charge in [-0.2, -0.15) is 13.2 Å². The van der Waals surface area contributed by atoms with Crippen molar-refractivity contribution in [3.63, 3.8) is 0 Å². The molecular weight excluding hydrogens is 366 g/mol. The Morgan fingerprint density at radius 1 is 1.22 bits per heavy atom. The van der Waals surface area contributed by atoms with E-state index in [-0.39, 0.29) is 12.1 Å². The van der Waals surface area contributed by atoms with Crippen molar-refractivity contribution in [3.05, 3.63) is 29.6 Å². The largest absolute Gasteiger partial charge is 0.416 e. The van der Waals surface area contributed by atoms with Crippen LogP contribution in [-0.4, -0.2) is 59.5 Å². The smallest absolute Gasteiger partial charge is 0.381 e. The van der Waals surface area contributed by atoms with Gasteiger partial charge in [-0.1, -0.05) is 0 Å². The number of benzene rings is 1. The Balaban J connectivity index is 1.38. The van der Waals surface area contributed by atoms with Crippen LogP contribution in [0.1, 0.15) is 24.2 Å². The van der Waals surface area contributed by atoms with Gasteiger partial charge in [-0.15, -0.1) is 0 Å². The Bertz CT molecular complexity index is 788. The van der Waals surface area contributed by atoms with Crippen LogP contribution in [0.25, 0.3) is 11.0 Å². The molecule has 2 fully saturated rings. The monoisotopic (exact) mass is 387 g/mol. The number of hydrogen-bond donors (Lipinski definition) is 1. The summed E-state index contributed by atoms with van der Waals surface area (Å²) in [6, 6.07) is 3.65. The third kappa shape index (κ3) is 4.09. The molecule has 5 nitrogen and oxygen atoms in total. The highest BCUT2D eigenvalue weighted by Gasteiger charge is 2.37. The lowest BCUT2D eigenvalue weighted by atomic mass is 10.1. The maximum Gasteiger partial charge on any atom is 0.416 e. The predicted octanol–water partition coefficient (Wildman–Crippen LogP) is 3.30. The number of aromatic nitrogens is 2. The predicted molar refractivity (Wildman–Crippen MR) is 90.0 cm³/mol. The molecule has 2 aliphatic heterocycles. The summed E-state index contributed by atoms with van der Waals surface area (Å²) in [5, 5.41) is 0. The summed E-state index contributed by atoms with van der Waals surface area (Å²) in [5.41, 5.74) is -0.0260. The van der Waals surface area contributed by atoms with E-state index >= 15 is 0 Å². The minimum absolute atomic E-state index is 0.0305. The lowest BCUT2D eigenvalue weighted by molar-refractivity contribution is -0.137. The van der Waals surface area contributed by atoms with Crippen molar-refractivity contribution in [2.45, 2.75) is 43.9 Å². The topological polar surface area (TPSA) is 50.4 Å². The molecule has 0 saturated carbocycles. The quantitative estimate of drug-likeness (QED) is 0.818. The fourth-order valence-electron chi connectivity index (χ4n) is 3.76. The van der Waals surface area contributed by atoms with Crippen LogP contribution in [-0.2, 0) is 22.3 Å². The average molecular weight is 387 g/mol. The van der Waals surface area contributed by atoms with Gasteiger partial charge < -0.3 is 14.5 Å². The van der Waals surface area contributed by atoms with Crippen LogP contribution in [0.3, 0.4) is 0 Å². The van der Waals surface area contributed by atoms with E-state index in [9.17, 15) is 17.6 Å². The van der Waals surface area contributed by atoms with Crippen molar-refractivity contribution in [2.24, 2.45) is 0 Å². The maximum absolute atomic E-state index is 14.3. The number of halogens is 4. The van der Waals surface area contributed by atoms with E-state index in [4.69, 9.17) is 9.47 Å². The first-order valence-electron chi connectivity index (χ1n) is 9.03. The van der Waals surface area contributed by atoms with Gasteiger partial charge in [0.15, 0.2) is 0 Å². The number of hydrogen-bond acceptors (Lipinski definition) is 4. The first-order valence-corrected chi connectivity index (χ1v) is 9.03. The van der Waals surface area contributed by atoms with E-state index in [1.165, 1.54) is 6.07 Å². The normalized spacial score (nSPS) is 25.5. The van der Waals surface area contributed by atoms with Gasteiger partial charge in [-0.3, -0.25) is 4.90 Å². The Hall–Kier alpha value is -1.71. The second-order valence-electron chi connectivity index (χ2n) is 7.08. The van der Waals surface area contributed by atoms with Crippen molar-refractivity contribution < 1.29 is 27.0 Å². The minimum atomic E-state index is -4.41. The summed E-state index contributed by atoms with van der Waals surface area (Å²) < 4.78 is 63.7. The molecule has 3 heterocycles. The van der Waals surface area contributed by atoms with Crippen LogP contribution in [0.15, 0.2) is 18.2 Å². The van der Waals surface area contributed by atoms with E-state index in [0.29, 0.717) is 43.7 Å². The summed E-state index contributed by atoms with van der Waals surface area (Å²) in [4.78, 5) is 9.17. The van der Waals surface area contributed by atoms with E-state index in [1.807, 2.05) is 0 Å². The lowest BCUT2D eigenvalue weighted by Gasteiger charge is -2.30. The molecule has 0 radical (unpaired) electrons. The molecule has 9 heteroatoms. The van der Waals surface area contributed by atoms with Crippen LogP contribution in [0, 0.1) is 0 Å². The highest BCUT2D eigenvalue weighted by molar-refractivity contribution is 5.76. The van der Waals surface area contributed by atoms with Crippen molar-refractivity contribution in [1.29, 1.82) is 0 Å². The standard InChI is InChI=1S/C18H21F4N3O2/c19-13-8-25(12-3-5-26-6-4-12)9-16(13)27-10-17-23-14-2-1-11(18(20,21)22)7-15(14)24-17/h1-2,7,12-13,16H,3-6,8-10H2,(H,23,24)/t13-,16+/m1/s1. The molecule has 1 aromatic heterocycles. The van der Waals surface area contributed by atoms with Gasteiger partial charge in [0.25, 0.3) is 0 Å². The Morgan fingerprint density at radius 3 is 2.74 bits per heavy atom. The number of likely N-dealkylation sites (tertiary alicyclic amines) is 1. The van der Waals surface area contributed by atoms with Crippen LogP contribution in [0.2, 0.25) is 0 Å². The lowest BCUT2D eigenvalue weighted by Crippen LogP contribution is -2.38. The first kappa shape index (κ1) is 18.6. The summed E-state index contributed by atoms with van der Waals surface area (Å²) in [6.07, 6.45) is -4.27. The van der Waals surface area contributed by atoms with Crippen LogP contribution in [0.5, 0.6) is 0 Å². The maximum atomic E-state index is 14.3. The average Bonchev–Trinajstić information content (AvgIpc) is 3.22. The second kappa shape index (κ2) is 7.37. The Kier molecular flexibility index (Phi) is 5.09. The zero-order chi connectivity index (χ0) is 19.0. The van der Waals surface area contributed by atoms with Gasteiger partial charge in [0.1, 0.15) is 24.7 Å². The highest BCUT2D eigenvalue weighted by atomic mass is 19.4. The molecule has 2 aromatic rings. The van der Waals surface area contributed by atoms with E-state index in [2.05, 4.69) is 14.9 Å². The highest BCUT2D eigenvalue weighted by Crippen LogP contribution is 2.31. The van der Waals surface area contributed by atoms with Gasteiger partial charge in [-0.25, -0.2) is 9.37 Å². The summed E-state index contributed by atoms with van der Waals surface area (Å²) in [7, 11) is 0. The van der Waals surface area contributed by atoms with E-state index in [0.717, 1.165) is 25.0 Å². The molecular formula is C18H21F4N3O2. The fraction of sp³-hybridized carbons (Fsp3) is 0.611. The van der Waals surface area contributed by atoms with Gasteiger partial charge in [0, 0.05) is 32.3 Å². The molecule has 0 bridgehead atoms. The zero-order valence-electron chi connectivity index (χ0n) is 14.6. The Labute approximate surface area is 153 Å². The third-order valence-corrected chi connectivity index (χ3v) is 5.23. The van der Waals surface area contributed by atoms with Crippen molar-refractivity contribution >= 4 is 11.0 Å². The molecule has 2 atom stereocenters. The summed E-state index contributed by atoms with van der Waals surface area (Å²) >= 11 is 0. The van der Waals surface area contributed by atoms with Gasteiger partial charge >= 0.3 is 6.18 Å². The van der Waals surface area contributed by atoms with Crippen molar-refractivity contribution in [1.82, 2.24) is 14.9 Å². The number of ether oxygens (including phenoxy) is 2. The van der Waals surface area contributed by atoms with Crippen LogP contribution < -0.4 is 0 Å². The molecule has 0 aliphatic carbocycles. The van der Waals surface area contributed by atoms with Gasteiger partial charge in [0.2, 0.25) is 0 Å². The number of fused-ring (bicyclic) bond motifs is 1. The van der Waals surface area contributed by atoms with Gasteiger partial charge in [-0.05, 0) is 31.0 Å². The van der Waals surface area contributed by atoms with E-state index in [1.54, 1.807) is 0 Å². The molecule has 2 saturated heterocycles. The van der Waals surface area contributed by atoms with Crippen molar-refractivity contribution in [3.8, 4) is 0 Å². The molecule has 148 valence electrons. The fourth-order valence-corrected chi connectivity index (χ4v) is 3.76. The molecule has 1 N–H and O–H groups in total. The SMILES string of the molecule is F[C@@H]1CN(C2CCOCC2)C[C@@H]1OCc1nc2ccc(C(F)(F)F)cc2[nH]1. The summed E-state index contributed by atoms with van der Waals surface area (Å²) in [6.45, 7) is 2.27. The Morgan fingerprint density at radius 2 is 2.00 bits per heavy atom. The zero-order valence-corrected chi connectivity index (χ0v) is 14.6. The third-order valence-electron chi connectivity index (χ3n) is 5.23. The van der Waals surface area contributed by atoms with E-state index < -0.39 is 24.0 Å². The number of nitrogens with one attached hydrogen (secondary N) is 1. The number of rotatable bonds is 4. The molecule has 1 aromatic carbocycles. The molecule has 0 spiro atoms. The molecule has 27 heavy (non-hydrogen) atoms.